The minimum absolute atomic E-state index is 0.713. The van der Waals surface area contributed by atoms with Crippen LogP contribution in [0.1, 0.15) is 25.3 Å². The van der Waals surface area contributed by atoms with Gasteiger partial charge in [0, 0.05) is 31.5 Å². The molecule has 1 aromatic rings. The molecule has 100 valence electrons. The molecule has 1 aliphatic rings. The minimum atomic E-state index is 0.713. The summed E-state index contributed by atoms with van der Waals surface area (Å²) < 4.78 is 0. The van der Waals surface area contributed by atoms with E-state index in [1.54, 1.807) is 0 Å². The lowest BCUT2D eigenvalue weighted by atomic mass is 9.90. The molecule has 1 fully saturated rings. The van der Waals surface area contributed by atoms with E-state index in [0.717, 1.165) is 12.3 Å². The molecular formula is C15H25N3. The molecule has 1 N–H and O–H groups in total. The van der Waals surface area contributed by atoms with Gasteiger partial charge in [-0.25, -0.2) is 0 Å². The predicted octanol–water partition coefficient (Wildman–Crippen LogP) is 1.94. The summed E-state index contributed by atoms with van der Waals surface area (Å²) in [6.45, 7) is 5.93. The van der Waals surface area contributed by atoms with E-state index in [-0.39, 0.29) is 0 Å². The summed E-state index contributed by atoms with van der Waals surface area (Å²) in [5, 5.41) is 3.46. The van der Waals surface area contributed by atoms with E-state index in [1.807, 2.05) is 18.5 Å². The fourth-order valence-electron chi connectivity index (χ4n) is 2.94. The second-order valence-electron chi connectivity index (χ2n) is 5.26. The summed E-state index contributed by atoms with van der Waals surface area (Å²) in [7, 11) is 2.10. The molecule has 18 heavy (non-hydrogen) atoms. The van der Waals surface area contributed by atoms with Crippen LogP contribution in [-0.4, -0.2) is 42.6 Å². The van der Waals surface area contributed by atoms with Crippen LogP contribution in [0.5, 0.6) is 0 Å². The minimum Gasteiger partial charge on any atom is -0.317 e. The lowest BCUT2D eigenvalue weighted by Crippen LogP contribution is -2.48. The highest BCUT2D eigenvalue weighted by molar-refractivity contribution is 5.08. The van der Waals surface area contributed by atoms with Crippen LogP contribution in [0.15, 0.2) is 24.5 Å². The van der Waals surface area contributed by atoms with Crippen molar-refractivity contribution in [3.8, 4) is 0 Å². The van der Waals surface area contributed by atoms with Gasteiger partial charge in [-0.15, -0.1) is 0 Å². The summed E-state index contributed by atoms with van der Waals surface area (Å²) in [6.07, 6.45) is 7.50. The normalized spacial score (nSPS) is 25.2. The van der Waals surface area contributed by atoms with Gasteiger partial charge in [-0.3, -0.25) is 4.98 Å². The molecule has 1 aromatic heterocycles. The van der Waals surface area contributed by atoms with Gasteiger partial charge >= 0.3 is 0 Å². The van der Waals surface area contributed by atoms with Gasteiger partial charge in [0.2, 0.25) is 0 Å². The molecule has 0 saturated carbocycles. The van der Waals surface area contributed by atoms with Crippen LogP contribution < -0.4 is 5.32 Å². The molecule has 1 saturated heterocycles. The van der Waals surface area contributed by atoms with E-state index in [4.69, 9.17) is 0 Å². The van der Waals surface area contributed by atoms with Gasteiger partial charge in [-0.1, -0.05) is 19.4 Å². The maximum Gasteiger partial charge on any atom is 0.0300 e. The standard InChI is InChI=1S/C15H25N3/c1-3-14-12-18(10-7-15(14)16-2)9-6-13-5-4-8-17-11-13/h4-5,8,11,14-16H,3,6-7,9-10,12H2,1-2H3. The first kappa shape index (κ1) is 13.5. The Bertz CT molecular complexity index is 339. The lowest BCUT2D eigenvalue weighted by molar-refractivity contribution is 0.140. The van der Waals surface area contributed by atoms with Crippen LogP contribution >= 0.6 is 0 Å². The van der Waals surface area contributed by atoms with Crippen molar-refractivity contribution in [2.24, 2.45) is 5.92 Å². The molecular weight excluding hydrogens is 222 g/mol. The number of nitrogens with one attached hydrogen (secondary N) is 1. The zero-order valence-electron chi connectivity index (χ0n) is 11.6. The first-order chi connectivity index (χ1) is 8.83. The number of rotatable bonds is 5. The van der Waals surface area contributed by atoms with Gasteiger partial charge in [0.15, 0.2) is 0 Å². The highest BCUT2D eigenvalue weighted by atomic mass is 15.1. The number of piperidine rings is 1. The van der Waals surface area contributed by atoms with E-state index in [1.165, 1.54) is 38.0 Å². The smallest absolute Gasteiger partial charge is 0.0300 e. The van der Waals surface area contributed by atoms with Crippen molar-refractivity contribution < 1.29 is 0 Å². The number of hydrogen-bond acceptors (Lipinski definition) is 3. The molecule has 0 aromatic carbocycles. The monoisotopic (exact) mass is 247 g/mol. The van der Waals surface area contributed by atoms with Gasteiger partial charge in [0.05, 0.1) is 0 Å². The zero-order valence-corrected chi connectivity index (χ0v) is 11.6. The van der Waals surface area contributed by atoms with E-state index in [9.17, 15) is 0 Å². The van der Waals surface area contributed by atoms with E-state index in [0.29, 0.717) is 6.04 Å². The fourth-order valence-corrected chi connectivity index (χ4v) is 2.94. The molecule has 2 atom stereocenters. The van der Waals surface area contributed by atoms with Crippen molar-refractivity contribution in [3.05, 3.63) is 30.1 Å². The average molecular weight is 247 g/mol. The Kier molecular flexibility index (Phi) is 5.14. The Hall–Kier alpha value is -0.930. The molecule has 3 nitrogen and oxygen atoms in total. The highest BCUT2D eigenvalue weighted by Gasteiger charge is 2.26. The summed E-state index contributed by atoms with van der Waals surface area (Å²) >= 11 is 0. The van der Waals surface area contributed by atoms with Gasteiger partial charge in [-0.05, 0) is 44.0 Å². The Labute approximate surface area is 111 Å². The summed E-state index contributed by atoms with van der Waals surface area (Å²) in [4.78, 5) is 6.78. The Balaban J connectivity index is 1.81. The Morgan fingerprint density at radius 1 is 1.50 bits per heavy atom. The molecule has 2 unspecified atom stereocenters. The van der Waals surface area contributed by atoms with Crippen molar-refractivity contribution >= 4 is 0 Å². The zero-order chi connectivity index (χ0) is 12.8. The van der Waals surface area contributed by atoms with Gasteiger partial charge in [0.25, 0.3) is 0 Å². The number of pyridine rings is 1. The van der Waals surface area contributed by atoms with Crippen molar-refractivity contribution in [2.75, 3.05) is 26.7 Å². The van der Waals surface area contributed by atoms with Crippen molar-refractivity contribution in [1.82, 2.24) is 15.2 Å². The van der Waals surface area contributed by atoms with Crippen LogP contribution in [-0.2, 0) is 6.42 Å². The van der Waals surface area contributed by atoms with Crippen molar-refractivity contribution in [1.29, 1.82) is 0 Å². The van der Waals surface area contributed by atoms with Crippen LogP contribution in [0.2, 0.25) is 0 Å². The molecule has 0 aliphatic carbocycles. The number of likely N-dealkylation sites (tertiary alicyclic amines) is 1. The third kappa shape index (κ3) is 3.53. The quantitative estimate of drug-likeness (QED) is 0.862. The summed E-state index contributed by atoms with van der Waals surface area (Å²) in [5.41, 5.74) is 1.35. The Morgan fingerprint density at radius 2 is 2.39 bits per heavy atom. The van der Waals surface area contributed by atoms with Crippen LogP contribution in [0.3, 0.4) is 0 Å². The average Bonchev–Trinajstić information content (AvgIpc) is 2.45. The maximum atomic E-state index is 4.18. The molecule has 0 radical (unpaired) electrons. The van der Waals surface area contributed by atoms with Crippen molar-refractivity contribution in [3.63, 3.8) is 0 Å². The van der Waals surface area contributed by atoms with E-state index < -0.39 is 0 Å². The molecule has 3 heteroatoms. The number of nitrogens with zero attached hydrogens (tertiary/aromatic N) is 2. The van der Waals surface area contributed by atoms with Crippen LogP contribution in [0.25, 0.3) is 0 Å². The first-order valence-electron chi connectivity index (χ1n) is 7.12. The molecule has 2 heterocycles. The topological polar surface area (TPSA) is 28.2 Å². The lowest BCUT2D eigenvalue weighted by Gasteiger charge is -2.38. The largest absolute Gasteiger partial charge is 0.317 e. The number of hydrogen-bond donors (Lipinski definition) is 1. The molecule has 1 aliphatic heterocycles. The fraction of sp³-hybridized carbons (Fsp3) is 0.667. The SMILES string of the molecule is CCC1CN(CCc2cccnc2)CCC1NC. The van der Waals surface area contributed by atoms with Gasteiger partial charge < -0.3 is 10.2 Å². The van der Waals surface area contributed by atoms with Crippen LogP contribution in [0.4, 0.5) is 0 Å². The molecule has 2 rings (SSSR count). The third-order valence-corrected chi connectivity index (χ3v) is 4.15. The first-order valence-corrected chi connectivity index (χ1v) is 7.12. The van der Waals surface area contributed by atoms with Gasteiger partial charge in [-0.2, -0.15) is 0 Å². The van der Waals surface area contributed by atoms with Gasteiger partial charge in [0.1, 0.15) is 0 Å². The maximum absolute atomic E-state index is 4.18. The molecule has 0 spiro atoms. The second-order valence-corrected chi connectivity index (χ2v) is 5.26. The molecule has 0 bridgehead atoms. The Morgan fingerprint density at radius 3 is 3.06 bits per heavy atom. The van der Waals surface area contributed by atoms with Crippen molar-refractivity contribution in [2.45, 2.75) is 32.2 Å². The summed E-state index contributed by atoms with van der Waals surface area (Å²) in [5.74, 6) is 0.803. The summed E-state index contributed by atoms with van der Waals surface area (Å²) in [6, 6.07) is 4.91. The van der Waals surface area contributed by atoms with E-state index in [2.05, 4.69) is 35.2 Å². The highest BCUT2D eigenvalue weighted by Crippen LogP contribution is 2.20. The molecule has 0 amide bonds. The predicted molar refractivity (Wildman–Crippen MR) is 75.6 cm³/mol. The third-order valence-electron chi connectivity index (χ3n) is 4.15. The second kappa shape index (κ2) is 6.86. The van der Waals surface area contributed by atoms with E-state index >= 15 is 0 Å². The van der Waals surface area contributed by atoms with Crippen LogP contribution in [0, 0.1) is 5.92 Å². The number of aromatic nitrogens is 1.